The molecule has 0 saturated carbocycles. The van der Waals surface area contributed by atoms with Crippen LogP contribution in [0.2, 0.25) is 0 Å². The third kappa shape index (κ3) is 4.26. The summed E-state index contributed by atoms with van der Waals surface area (Å²) in [5.41, 5.74) is 0. The fourth-order valence-electron chi connectivity index (χ4n) is 1.60. The molecule has 0 atom stereocenters. The van der Waals surface area contributed by atoms with Crippen LogP contribution in [0.25, 0.3) is 0 Å². The van der Waals surface area contributed by atoms with Gasteiger partial charge in [0.05, 0.1) is 0 Å². The molecule has 0 fully saturated rings. The van der Waals surface area contributed by atoms with Crippen molar-refractivity contribution in [1.29, 1.82) is 0 Å². The van der Waals surface area contributed by atoms with Gasteiger partial charge in [0.15, 0.2) is 0 Å². The van der Waals surface area contributed by atoms with E-state index in [4.69, 9.17) is 4.74 Å². The highest BCUT2D eigenvalue weighted by atomic mass is 16.5. The molecule has 0 spiro atoms. The summed E-state index contributed by atoms with van der Waals surface area (Å²) in [7, 11) is 0. The Kier molecular flexibility index (Phi) is 5.05. The monoisotopic (exact) mass is 194 g/mol. The van der Waals surface area contributed by atoms with Crippen molar-refractivity contribution in [2.24, 2.45) is 0 Å². The van der Waals surface area contributed by atoms with Crippen LogP contribution in [-0.4, -0.2) is 5.97 Å². The Balaban J connectivity index is 2.45. The Morgan fingerprint density at radius 3 is 2.79 bits per heavy atom. The molecule has 0 aromatic carbocycles. The van der Waals surface area contributed by atoms with E-state index in [1.165, 1.54) is 31.8 Å². The lowest BCUT2D eigenvalue weighted by molar-refractivity contribution is -0.134. The van der Waals surface area contributed by atoms with Gasteiger partial charge in [-0.15, -0.1) is 0 Å². The number of carbonyl (C=O) groups excluding carboxylic acids is 1. The highest BCUT2D eigenvalue weighted by Crippen LogP contribution is 2.17. The summed E-state index contributed by atoms with van der Waals surface area (Å²) >= 11 is 0. The molecule has 0 aromatic heterocycles. The van der Waals surface area contributed by atoms with Gasteiger partial charge in [-0.3, -0.25) is 0 Å². The maximum Gasteiger partial charge on any atom is 0.335 e. The van der Waals surface area contributed by atoms with E-state index in [9.17, 15) is 4.79 Å². The van der Waals surface area contributed by atoms with Crippen LogP contribution < -0.4 is 0 Å². The first-order chi connectivity index (χ1) is 6.83. The number of carbonyl (C=O) groups is 1. The van der Waals surface area contributed by atoms with E-state index in [0.717, 1.165) is 25.0 Å². The molecule has 0 radical (unpaired) electrons. The normalized spacial score (nSPS) is 18.4. The van der Waals surface area contributed by atoms with Gasteiger partial charge in [0, 0.05) is 12.5 Å². The standard InChI is InChI=1S/C12H18O2/c1-2-12(13)14-11-9-7-5-3-4-6-8-10-11/h2,9H,1,3-8,10H2. The summed E-state index contributed by atoms with van der Waals surface area (Å²) < 4.78 is 5.14. The number of allylic oxidation sites excluding steroid dienone is 2. The van der Waals surface area contributed by atoms with Crippen LogP contribution >= 0.6 is 0 Å². The van der Waals surface area contributed by atoms with E-state index in [-0.39, 0.29) is 5.97 Å². The Bertz CT molecular complexity index is 228. The van der Waals surface area contributed by atoms with Crippen LogP contribution in [0.5, 0.6) is 0 Å². The van der Waals surface area contributed by atoms with Crippen molar-refractivity contribution in [2.75, 3.05) is 0 Å². The minimum absolute atomic E-state index is 0.338. The first kappa shape index (κ1) is 11.0. The molecule has 0 bridgehead atoms. The van der Waals surface area contributed by atoms with Crippen molar-refractivity contribution in [3.63, 3.8) is 0 Å². The van der Waals surface area contributed by atoms with Crippen molar-refractivity contribution in [1.82, 2.24) is 0 Å². The fraction of sp³-hybridized carbons (Fsp3) is 0.583. The van der Waals surface area contributed by atoms with Crippen molar-refractivity contribution in [3.05, 3.63) is 24.5 Å². The van der Waals surface area contributed by atoms with Crippen LogP contribution in [0.4, 0.5) is 0 Å². The smallest absolute Gasteiger partial charge is 0.335 e. The lowest BCUT2D eigenvalue weighted by Crippen LogP contribution is -2.00. The lowest BCUT2D eigenvalue weighted by atomic mass is 10.1. The molecule has 1 rings (SSSR count). The van der Waals surface area contributed by atoms with E-state index in [0.29, 0.717) is 0 Å². The van der Waals surface area contributed by atoms with Gasteiger partial charge >= 0.3 is 5.97 Å². The molecule has 0 saturated heterocycles. The van der Waals surface area contributed by atoms with Crippen LogP contribution in [0.3, 0.4) is 0 Å². The number of rotatable bonds is 2. The average Bonchev–Trinajstić information content (AvgIpc) is 2.31. The summed E-state index contributed by atoms with van der Waals surface area (Å²) in [5.74, 6) is 0.493. The number of hydrogen-bond donors (Lipinski definition) is 0. The van der Waals surface area contributed by atoms with Gasteiger partial charge in [0.2, 0.25) is 0 Å². The second kappa shape index (κ2) is 6.41. The average molecular weight is 194 g/mol. The van der Waals surface area contributed by atoms with Crippen LogP contribution in [0.1, 0.15) is 44.9 Å². The van der Waals surface area contributed by atoms with Crippen molar-refractivity contribution in [2.45, 2.75) is 44.9 Å². The van der Waals surface area contributed by atoms with E-state index in [1.807, 2.05) is 6.08 Å². The number of hydrogen-bond acceptors (Lipinski definition) is 2. The second-order valence-corrected chi connectivity index (χ2v) is 3.60. The summed E-state index contributed by atoms with van der Waals surface area (Å²) in [6.45, 7) is 3.38. The quantitative estimate of drug-likeness (QED) is 0.497. The first-order valence-electron chi connectivity index (χ1n) is 5.36. The summed E-state index contributed by atoms with van der Waals surface area (Å²) in [4.78, 5) is 11.0. The fourth-order valence-corrected chi connectivity index (χ4v) is 1.60. The second-order valence-electron chi connectivity index (χ2n) is 3.60. The van der Waals surface area contributed by atoms with E-state index in [1.54, 1.807) is 0 Å². The van der Waals surface area contributed by atoms with Gasteiger partial charge in [-0.2, -0.15) is 0 Å². The minimum Gasteiger partial charge on any atom is -0.428 e. The zero-order chi connectivity index (χ0) is 10.2. The molecule has 2 nitrogen and oxygen atoms in total. The van der Waals surface area contributed by atoms with E-state index < -0.39 is 0 Å². The lowest BCUT2D eigenvalue weighted by Gasteiger charge is -2.05. The zero-order valence-electron chi connectivity index (χ0n) is 8.63. The summed E-state index contributed by atoms with van der Waals surface area (Å²) in [5, 5.41) is 0. The molecule has 0 unspecified atom stereocenters. The Morgan fingerprint density at radius 1 is 1.29 bits per heavy atom. The molecular formula is C12H18O2. The molecular weight excluding hydrogens is 176 g/mol. The number of ether oxygens (including phenoxy) is 1. The van der Waals surface area contributed by atoms with Crippen molar-refractivity contribution in [3.8, 4) is 0 Å². The molecule has 78 valence electrons. The molecule has 14 heavy (non-hydrogen) atoms. The molecule has 0 N–H and O–H groups in total. The molecule has 1 aliphatic carbocycles. The third-order valence-corrected chi connectivity index (χ3v) is 2.40. The largest absolute Gasteiger partial charge is 0.428 e. The molecule has 0 amide bonds. The van der Waals surface area contributed by atoms with Gasteiger partial charge in [-0.25, -0.2) is 4.79 Å². The third-order valence-electron chi connectivity index (χ3n) is 2.40. The van der Waals surface area contributed by atoms with Crippen LogP contribution in [-0.2, 0) is 9.53 Å². The molecule has 2 heteroatoms. The maximum absolute atomic E-state index is 11.0. The van der Waals surface area contributed by atoms with Crippen molar-refractivity contribution < 1.29 is 9.53 Å². The predicted octanol–water partition coefficient (Wildman–Crippen LogP) is 3.34. The van der Waals surface area contributed by atoms with E-state index >= 15 is 0 Å². The highest BCUT2D eigenvalue weighted by Gasteiger charge is 2.05. The zero-order valence-corrected chi connectivity index (χ0v) is 8.63. The Hall–Kier alpha value is -1.05. The Labute approximate surface area is 85.6 Å². The van der Waals surface area contributed by atoms with E-state index in [2.05, 4.69) is 6.58 Å². The first-order valence-corrected chi connectivity index (χ1v) is 5.36. The van der Waals surface area contributed by atoms with Crippen LogP contribution in [0, 0.1) is 0 Å². The van der Waals surface area contributed by atoms with Crippen LogP contribution in [0.15, 0.2) is 24.5 Å². The number of esters is 1. The highest BCUT2D eigenvalue weighted by molar-refractivity contribution is 5.82. The SMILES string of the molecule is C=CC(=O)OC1=CCCCCCCC1. The predicted molar refractivity (Wildman–Crippen MR) is 56.7 cm³/mol. The summed E-state index contributed by atoms with van der Waals surface area (Å²) in [6.07, 6.45) is 11.3. The molecule has 0 aromatic rings. The van der Waals surface area contributed by atoms with Crippen molar-refractivity contribution >= 4 is 5.97 Å². The van der Waals surface area contributed by atoms with Gasteiger partial charge in [-0.05, 0) is 25.3 Å². The molecule has 0 aliphatic heterocycles. The molecule has 0 heterocycles. The topological polar surface area (TPSA) is 26.3 Å². The minimum atomic E-state index is -0.338. The van der Waals surface area contributed by atoms with Gasteiger partial charge in [0.1, 0.15) is 5.76 Å². The van der Waals surface area contributed by atoms with Gasteiger partial charge < -0.3 is 4.74 Å². The summed E-state index contributed by atoms with van der Waals surface area (Å²) in [6, 6.07) is 0. The van der Waals surface area contributed by atoms with Gasteiger partial charge in [-0.1, -0.05) is 25.8 Å². The van der Waals surface area contributed by atoms with Gasteiger partial charge in [0.25, 0.3) is 0 Å². The molecule has 1 aliphatic rings. The maximum atomic E-state index is 11.0. The Morgan fingerprint density at radius 2 is 2.00 bits per heavy atom.